The Labute approximate surface area is 109 Å². The molecule has 2 N–H and O–H groups in total. The maximum Gasteiger partial charge on any atom is 0.124 e. The minimum absolute atomic E-state index is 0.624. The van der Waals surface area contributed by atoms with Crippen molar-refractivity contribution in [2.24, 2.45) is 0 Å². The number of nitrogen functional groups attached to an aromatic ring is 1. The van der Waals surface area contributed by atoms with Crippen molar-refractivity contribution in [1.82, 2.24) is 14.8 Å². The van der Waals surface area contributed by atoms with Gasteiger partial charge >= 0.3 is 0 Å². The first kappa shape index (κ1) is 12.3. The Bertz CT molecular complexity index is 538. The smallest absolute Gasteiger partial charge is 0.124 e. The number of aryl methyl sites for hydroxylation is 2. The Kier molecular flexibility index (Phi) is 3.59. The molecule has 0 fully saturated rings. The number of hydrogen-bond donors (Lipinski definition) is 1. The van der Waals surface area contributed by atoms with E-state index >= 15 is 0 Å². The second kappa shape index (κ2) is 4.98. The molecule has 0 radical (unpaired) electrons. The summed E-state index contributed by atoms with van der Waals surface area (Å²) in [6.45, 7) is 4.69. The fourth-order valence-electron chi connectivity index (χ4n) is 1.43. The fraction of sp³-hybridized carbons (Fsp3) is 0.273. The molecule has 90 valence electrons. The Balaban J connectivity index is 2.39. The van der Waals surface area contributed by atoms with Crippen molar-refractivity contribution in [3.63, 3.8) is 0 Å². The van der Waals surface area contributed by atoms with Crippen LogP contribution in [0, 0.1) is 6.92 Å². The molecular formula is C11H13ClN4S. The highest BCUT2D eigenvalue weighted by Gasteiger charge is 2.14. The van der Waals surface area contributed by atoms with Crippen molar-refractivity contribution in [3.8, 4) is 0 Å². The van der Waals surface area contributed by atoms with Crippen LogP contribution in [-0.4, -0.2) is 14.8 Å². The lowest BCUT2D eigenvalue weighted by Crippen LogP contribution is -1.99. The molecule has 2 heterocycles. The largest absolute Gasteiger partial charge is 0.395 e. The summed E-state index contributed by atoms with van der Waals surface area (Å²) >= 11 is 7.52. The molecule has 0 saturated heterocycles. The fourth-order valence-corrected chi connectivity index (χ4v) is 2.67. The van der Waals surface area contributed by atoms with Crippen LogP contribution < -0.4 is 5.73 Å². The molecule has 0 saturated carbocycles. The first-order valence-electron chi connectivity index (χ1n) is 5.24. The molecule has 0 aliphatic rings. The van der Waals surface area contributed by atoms with E-state index in [1.165, 1.54) is 11.8 Å². The highest BCUT2D eigenvalue weighted by molar-refractivity contribution is 7.99. The second-order valence-electron chi connectivity index (χ2n) is 3.51. The zero-order valence-electron chi connectivity index (χ0n) is 9.64. The van der Waals surface area contributed by atoms with Gasteiger partial charge < -0.3 is 5.73 Å². The lowest BCUT2D eigenvalue weighted by Gasteiger charge is -2.05. The van der Waals surface area contributed by atoms with Crippen molar-refractivity contribution in [1.29, 1.82) is 0 Å². The van der Waals surface area contributed by atoms with Crippen molar-refractivity contribution in [2.45, 2.75) is 30.4 Å². The normalized spacial score (nSPS) is 10.8. The summed E-state index contributed by atoms with van der Waals surface area (Å²) in [5.74, 6) is 0. The van der Waals surface area contributed by atoms with Gasteiger partial charge in [-0.1, -0.05) is 11.6 Å². The maximum atomic E-state index is 6.08. The molecule has 0 atom stereocenters. The Morgan fingerprint density at radius 1 is 1.53 bits per heavy atom. The third kappa shape index (κ3) is 2.40. The molecule has 2 aromatic rings. The summed E-state index contributed by atoms with van der Waals surface area (Å²) in [5, 5.41) is 6.62. The number of nitrogens with two attached hydrogens (primary N) is 1. The molecule has 0 amide bonds. The molecule has 2 aromatic heterocycles. The zero-order valence-corrected chi connectivity index (χ0v) is 11.2. The quantitative estimate of drug-likeness (QED) is 0.930. The van der Waals surface area contributed by atoms with Gasteiger partial charge in [0.05, 0.1) is 16.4 Å². The van der Waals surface area contributed by atoms with Crippen LogP contribution >= 0.6 is 23.4 Å². The Morgan fingerprint density at radius 2 is 2.29 bits per heavy atom. The number of pyridine rings is 1. The molecule has 2 rings (SSSR count). The molecule has 4 nitrogen and oxygen atoms in total. The Morgan fingerprint density at radius 3 is 2.94 bits per heavy atom. The van der Waals surface area contributed by atoms with E-state index in [9.17, 15) is 0 Å². The van der Waals surface area contributed by atoms with Crippen LogP contribution in [0.2, 0.25) is 5.02 Å². The minimum atomic E-state index is 0.624. The highest BCUT2D eigenvalue weighted by atomic mass is 35.5. The van der Waals surface area contributed by atoms with Gasteiger partial charge in [-0.05, 0) is 37.7 Å². The number of nitrogens with zero attached hydrogens (tertiary/aromatic N) is 3. The average molecular weight is 269 g/mol. The van der Waals surface area contributed by atoms with Gasteiger partial charge in [0.15, 0.2) is 0 Å². The maximum absolute atomic E-state index is 6.08. The van der Waals surface area contributed by atoms with E-state index in [0.29, 0.717) is 10.7 Å². The summed E-state index contributed by atoms with van der Waals surface area (Å²) in [6.07, 6.45) is 1.71. The third-order valence-electron chi connectivity index (χ3n) is 2.34. The van der Waals surface area contributed by atoms with Crippen molar-refractivity contribution in [2.75, 3.05) is 5.73 Å². The average Bonchev–Trinajstić information content (AvgIpc) is 2.59. The standard InChI is InChI=1S/C11H13ClN4S/c1-3-16-11(9(13)7(2)15-16)17-10-8(12)5-4-6-14-10/h4-6H,3,13H2,1-2H3. The lowest BCUT2D eigenvalue weighted by atomic mass is 10.4. The van der Waals surface area contributed by atoms with Gasteiger partial charge in [-0.3, -0.25) is 4.68 Å². The van der Waals surface area contributed by atoms with Crippen LogP contribution in [0.1, 0.15) is 12.6 Å². The van der Waals surface area contributed by atoms with Crippen LogP contribution in [-0.2, 0) is 6.54 Å². The van der Waals surface area contributed by atoms with Crippen LogP contribution in [0.3, 0.4) is 0 Å². The van der Waals surface area contributed by atoms with E-state index in [4.69, 9.17) is 17.3 Å². The van der Waals surface area contributed by atoms with Gasteiger partial charge in [0.2, 0.25) is 0 Å². The molecule has 0 unspecified atom stereocenters. The Hall–Kier alpha value is -1.20. The van der Waals surface area contributed by atoms with E-state index in [1.807, 2.05) is 24.6 Å². The number of hydrogen-bond acceptors (Lipinski definition) is 4. The predicted octanol–water partition coefficient (Wildman–Crippen LogP) is 2.99. The topological polar surface area (TPSA) is 56.7 Å². The molecule has 17 heavy (non-hydrogen) atoms. The van der Waals surface area contributed by atoms with Crippen molar-refractivity contribution >= 4 is 29.1 Å². The number of anilines is 1. The zero-order chi connectivity index (χ0) is 12.4. The van der Waals surface area contributed by atoms with E-state index in [0.717, 1.165) is 22.3 Å². The molecule has 0 aliphatic carbocycles. The van der Waals surface area contributed by atoms with Crippen LogP contribution in [0.4, 0.5) is 5.69 Å². The number of rotatable bonds is 3. The molecule has 0 aliphatic heterocycles. The SMILES string of the molecule is CCn1nc(C)c(N)c1Sc1ncccc1Cl. The van der Waals surface area contributed by atoms with E-state index in [-0.39, 0.29) is 0 Å². The molecular weight excluding hydrogens is 256 g/mol. The van der Waals surface area contributed by atoms with Crippen molar-refractivity contribution < 1.29 is 0 Å². The van der Waals surface area contributed by atoms with E-state index in [2.05, 4.69) is 10.1 Å². The van der Waals surface area contributed by atoms with Gasteiger partial charge in [-0.2, -0.15) is 5.10 Å². The first-order chi connectivity index (χ1) is 8.13. The summed E-state index contributed by atoms with van der Waals surface area (Å²) < 4.78 is 1.86. The second-order valence-corrected chi connectivity index (χ2v) is 4.90. The summed E-state index contributed by atoms with van der Waals surface area (Å²) in [6, 6.07) is 3.62. The highest BCUT2D eigenvalue weighted by Crippen LogP contribution is 2.35. The van der Waals surface area contributed by atoms with Gasteiger partial charge in [-0.15, -0.1) is 0 Å². The molecule has 0 aromatic carbocycles. The van der Waals surface area contributed by atoms with Gasteiger partial charge in [0, 0.05) is 12.7 Å². The first-order valence-corrected chi connectivity index (χ1v) is 6.44. The molecule has 0 bridgehead atoms. The monoisotopic (exact) mass is 268 g/mol. The van der Waals surface area contributed by atoms with Gasteiger partial charge in [0.25, 0.3) is 0 Å². The van der Waals surface area contributed by atoms with E-state index in [1.54, 1.807) is 12.3 Å². The summed E-state index contributed by atoms with van der Waals surface area (Å²) in [7, 11) is 0. The third-order valence-corrected chi connectivity index (χ3v) is 3.90. The number of halogens is 1. The molecule has 6 heteroatoms. The number of aromatic nitrogens is 3. The van der Waals surface area contributed by atoms with Crippen LogP contribution in [0.5, 0.6) is 0 Å². The van der Waals surface area contributed by atoms with E-state index < -0.39 is 0 Å². The van der Waals surface area contributed by atoms with Gasteiger partial charge in [0.1, 0.15) is 10.1 Å². The summed E-state index contributed by atoms with van der Waals surface area (Å²) in [5.41, 5.74) is 7.53. The van der Waals surface area contributed by atoms with Gasteiger partial charge in [-0.25, -0.2) is 4.98 Å². The molecule has 0 spiro atoms. The van der Waals surface area contributed by atoms with Crippen molar-refractivity contribution in [3.05, 3.63) is 29.0 Å². The predicted molar refractivity (Wildman–Crippen MR) is 70.4 cm³/mol. The minimum Gasteiger partial charge on any atom is -0.395 e. The summed E-state index contributed by atoms with van der Waals surface area (Å²) in [4.78, 5) is 4.23. The van der Waals surface area contributed by atoms with Crippen LogP contribution in [0.25, 0.3) is 0 Å². The van der Waals surface area contributed by atoms with Crippen LogP contribution in [0.15, 0.2) is 28.4 Å². The lowest BCUT2D eigenvalue weighted by molar-refractivity contribution is 0.602.